The molecule has 2 aromatic carbocycles. The highest BCUT2D eigenvalue weighted by molar-refractivity contribution is 7.18. The van der Waals surface area contributed by atoms with E-state index in [0.29, 0.717) is 5.69 Å². The Morgan fingerprint density at radius 3 is 2.75 bits per heavy atom. The van der Waals surface area contributed by atoms with Gasteiger partial charge in [0.25, 0.3) is 5.91 Å². The van der Waals surface area contributed by atoms with E-state index in [1.165, 1.54) is 10.3 Å². The molecular weight excluding hydrogens is 368 g/mol. The fourth-order valence-corrected chi connectivity index (χ4v) is 4.82. The molecule has 1 aliphatic heterocycles. The van der Waals surface area contributed by atoms with Crippen molar-refractivity contribution in [3.8, 4) is 0 Å². The van der Waals surface area contributed by atoms with Crippen molar-refractivity contribution >= 4 is 38.4 Å². The third-order valence-electron chi connectivity index (χ3n) is 5.36. The molecular formula is C22H22N4OS. The molecule has 0 atom stereocenters. The van der Waals surface area contributed by atoms with Crippen molar-refractivity contribution in [2.24, 2.45) is 0 Å². The molecule has 0 saturated carbocycles. The molecule has 4 aromatic rings. The molecule has 1 fully saturated rings. The zero-order valence-electron chi connectivity index (χ0n) is 15.8. The van der Waals surface area contributed by atoms with E-state index in [2.05, 4.69) is 53.2 Å². The molecule has 6 heteroatoms. The minimum absolute atomic E-state index is 0.0912. The van der Waals surface area contributed by atoms with E-state index in [-0.39, 0.29) is 5.91 Å². The summed E-state index contributed by atoms with van der Waals surface area (Å²) in [6.45, 7) is 6.16. The predicted molar refractivity (Wildman–Crippen MR) is 114 cm³/mol. The van der Waals surface area contributed by atoms with Gasteiger partial charge in [-0.25, -0.2) is 4.98 Å². The molecule has 1 saturated heterocycles. The number of nitrogens with zero attached hydrogens (tertiary/aromatic N) is 3. The third-order valence-corrected chi connectivity index (χ3v) is 6.39. The number of carbonyl (C=O) groups is 1. The molecule has 1 aliphatic rings. The van der Waals surface area contributed by atoms with Gasteiger partial charge in [0.1, 0.15) is 10.7 Å². The number of fused-ring (bicyclic) bond motifs is 2. The number of thiazole rings is 1. The maximum Gasteiger partial charge on any atom is 0.270 e. The molecule has 0 bridgehead atoms. The molecule has 5 rings (SSSR count). The molecule has 0 spiro atoms. The van der Waals surface area contributed by atoms with Crippen molar-refractivity contribution in [2.45, 2.75) is 13.5 Å². The molecule has 2 aromatic heterocycles. The highest BCUT2D eigenvalue weighted by atomic mass is 32.1. The normalized spacial score (nSPS) is 15.5. The van der Waals surface area contributed by atoms with Crippen LogP contribution in [-0.2, 0) is 6.54 Å². The number of H-pyrrole nitrogens is 1. The topological polar surface area (TPSA) is 52.2 Å². The van der Waals surface area contributed by atoms with Crippen molar-refractivity contribution in [3.05, 3.63) is 64.8 Å². The van der Waals surface area contributed by atoms with Crippen LogP contribution < -0.4 is 0 Å². The van der Waals surface area contributed by atoms with Gasteiger partial charge in [-0.15, -0.1) is 11.3 Å². The Labute approximate surface area is 167 Å². The third kappa shape index (κ3) is 3.30. The largest absolute Gasteiger partial charge is 0.351 e. The van der Waals surface area contributed by atoms with Crippen LogP contribution in [0.1, 0.15) is 21.1 Å². The maximum atomic E-state index is 12.9. The lowest BCUT2D eigenvalue weighted by Gasteiger charge is -2.34. The molecule has 3 heterocycles. The quantitative estimate of drug-likeness (QED) is 0.574. The second kappa shape index (κ2) is 7.04. The molecule has 142 valence electrons. The zero-order chi connectivity index (χ0) is 19.1. The Bertz CT molecular complexity index is 1120. The molecule has 28 heavy (non-hydrogen) atoms. The van der Waals surface area contributed by atoms with Crippen molar-refractivity contribution < 1.29 is 4.79 Å². The number of piperazine rings is 1. The first kappa shape index (κ1) is 17.4. The summed E-state index contributed by atoms with van der Waals surface area (Å²) in [6.07, 6.45) is 0. The van der Waals surface area contributed by atoms with Gasteiger partial charge in [-0.1, -0.05) is 24.3 Å². The number of aromatic amines is 1. The average molecular weight is 391 g/mol. The number of nitrogens with one attached hydrogen (secondary N) is 1. The molecule has 1 N–H and O–H groups in total. The summed E-state index contributed by atoms with van der Waals surface area (Å²) < 4.78 is 1.24. The van der Waals surface area contributed by atoms with Crippen LogP contribution in [-0.4, -0.2) is 51.9 Å². The monoisotopic (exact) mass is 390 g/mol. The van der Waals surface area contributed by atoms with Gasteiger partial charge in [-0.3, -0.25) is 9.69 Å². The number of rotatable bonds is 3. The van der Waals surface area contributed by atoms with Crippen LogP contribution in [0, 0.1) is 6.92 Å². The summed E-state index contributed by atoms with van der Waals surface area (Å²) in [5.74, 6) is 0.0912. The lowest BCUT2D eigenvalue weighted by Crippen LogP contribution is -2.48. The SMILES string of the molecule is Cc1ccc2cc(C(=O)N3CCN(Cc4nc5ccccc5s4)CC3)[nH]c2c1. The van der Waals surface area contributed by atoms with Crippen LogP contribution in [0.4, 0.5) is 0 Å². The van der Waals surface area contributed by atoms with E-state index in [9.17, 15) is 4.79 Å². The van der Waals surface area contributed by atoms with E-state index < -0.39 is 0 Å². The number of benzene rings is 2. The van der Waals surface area contributed by atoms with Gasteiger partial charge < -0.3 is 9.88 Å². The molecule has 0 unspecified atom stereocenters. The maximum absolute atomic E-state index is 12.9. The number of aromatic nitrogens is 2. The number of hydrogen-bond acceptors (Lipinski definition) is 4. The number of amides is 1. The second-order valence-corrected chi connectivity index (χ2v) is 8.53. The number of hydrogen-bond donors (Lipinski definition) is 1. The zero-order valence-corrected chi connectivity index (χ0v) is 16.6. The summed E-state index contributed by atoms with van der Waals surface area (Å²) in [5.41, 5.74) is 3.97. The number of para-hydroxylation sites is 1. The van der Waals surface area contributed by atoms with Crippen LogP contribution in [0.25, 0.3) is 21.1 Å². The lowest BCUT2D eigenvalue weighted by molar-refractivity contribution is 0.0623. The van der Waals surface area contributed by atoms with Crippen LogP contribution in [0.3, 0.4) is 0 Å². The van der Waals surface area contributed by atoms with Crippen LogP contribution in [0.5, 0.6) is 0 Å². The summed E-state index contributed by atoms with van der Waals surface area (Å²) in [5, 5.41) is 2.23. The van der Waals surface area contributed by atoms with Gasteiger partial charge in [0.2, 0.25) is 0 Å². The van der Waals surface area contributed by atoms with Crippen molar-refractivity contribution in [3.63, 3.8) is 0 Å². The van der Waals surface area contributed by atoms with Gasteiger partial charge in [-0.2, -0.15) is 0 Å². The van der Waals surface area contributed by atoms with E-state index in [1.54, 1.807) is 11.3 Å². The highest BCUT2D eigenvalue weighted by Gasteiger charge is 2.24. The standard InChI is InChI=1S/C22H22N4OS/c1-15-6-7-16-13-19(23-18(16)12-15)22(27)26-10-8-25(9-11-26)14-21-24-17-4-2-3-5-20(17)28-21/h2-7,12-13,23H,8-11,14H2,1H3. The first-order chi connectivity index (χ1) is 13.7. The van der Waals surface area contributed by atoms with E-state index in [0.717, 1.165) is 54.2 Å². The van der Waals surface area contributed by atoms with Crippen LogP contribution in [0.15, 0.2) is 48.5 Å². The second-order valence-electron chi connectivity index (χ2n) is 7.42. The Balaban J connectivity index is 1.24. The predicted octanol–water partition coefficient (Wildman–Crippen LogP) is 4.04. The minimum atomic E-state index is 0.0912. The van der Waals surface area contributed by atoms with Crippen LogP contribution in [0.2, 0.25) is 0 Å². The van der Waals surface area contributed by atoms with E-state index >= 15 is 0 Å². The van der Waals surface area contributed by atoms with Crippen molar-refractivity contribution in [2.75, 3.05) is 26.2 Å². The van der Waals surface area contributed by atoms with Gasteiger partial charge in [-0.05, 0) is 36.8 Å². The van der Waals surface area contributed by atoms with Gasteiger partial charge in [0.15, 0.2) is 0 Å². The Hall–Kier alpha value is -2.70. The lowest BCUT2D eigenvalue weighted by atomic mass is 10.2. The smallest absolute Gasteiger partial charge is 0.270 e. The van der Waals surface area contributed by atoms with E-state index in [4.69, 9.17) is 4.98 Å². The average Bonchev–Trinajstić information content (AvgIpc) is 3.31. The summed E-state index contributed by atoms with van der Waals surface area (Å²) in [4.78, 5) is 25.3. The Morgan fingerprint density at radius 2 is 1.93 bits per heavy atom. The molecule has 5 nitrogen and oxygen atoms in total. The summed E-state index contributed by atoms with van der Waals surface area (Å²) >= 11 is 1.76. The number of aryl methyl sites for hydroxylation is 1. The first-order valence-electron chi connectivity index (χ1n) is 9.61. The van der Waals surface area contributed by atoms with Gasteiger partial charge in [0, 0.05) is 37.1 Å². The fraction of sp³-hybridized carbons (Fsp3) is 0.273. The highest BCUT2D eigenvalue weighted by Crippen LogP contribution is 2.23. The van der Waals surface area contributed by atoms with Crippen molar-refractivity contribution in [1.29, 1.82) is 0 Å². The molecule has 0 aliphatic carbocycles. The van der Waals surface area contributed by atoms with Gasteiger partial charge in [0.05, 0.1) is 16.8 Å². The van der Waals surface area contributed by atoms with Gasteiger partial charge >= 0.3 is 0 Å². The van der Waals surface area contributed by atoms with Crippen molar-refractivity contribution in [1.82, 2.24) is 19.8 Å². The first-order valence-corrected chi connectivity index (χ1v) is 10.4. The fourth-order valence-electron chi connectivity index (χ4n) is 3.81. The Kier molecular flexibility index (Phi) is 4.37. The Morgan fingerprint density at radius 1 is 1.11 bits per heavy atom. The summed E-state index contributed by atoms with van der Waals surface area (Å²) in [7, 11) is 0. The number of carbonyl (C=O) groups excluding carboxylic acids is 1. The minimum Gasteiger partial charge on any atom is -0.351 e. The molecule has 0 radical (unpaired) electrons. The summed E-state index contributed by atoms with van der Waals surface area (Å²) in [6, 6.07) is 16.5. The molecule has 1 amide bonds. The van der Waals surface area contributed by atoms with Crippen LogP contribution >= 0.6 is 11.3 Å². The van der Waals surface area contributed by atoms with E-state index in [1.807, 2.05) is 17.0 Å².